The largest absolute Gasteiger partial charge is 0.361 e. The highest BCUT2D eigenvalue weighted by atomic mass is 16.5. The van der Waals surface area contributed by atoms with Crippen LogP contribution in [0.4, 0.5) is 5.82 Å². The highest BCUT2D eigenvalue weighted by molar-refractivity contribution is 5.65. The summed E-state index contributed by atoms with van der Waals surface area (Å²) < 4.78 is 7.23. The molecule has 1 aliphatic heterocycles. The van der Waals surface area contributed by atoms with Crippen LogP contribution < -0.4 is 4.90 Å². The first-order valence-electron chi connectivity index (χ1n) is 8.08. The smallest absolute Gasteiger partial charge is 0.203 e. The Hall–Kier alpha value is -2.48. The van der Waals surface area contributed by atoms with Gasteiger partial charge in [0.2, 0.25) is 5.65 Å². The van der Waals surface area contributed by atoms with E-state index in [1.165, 1.54) is 5.56 Å². The SMILES string of the molecule is Cc1noc(C)c1CN(C)C1CN(c2nccn3c(C)nnc23)C1. The lowest BCUT2D eigenvalue weighted by molar-refractivity contribution is 0.195. The fourth-order valence-corrected chi connectivity index (χ4v) is 3.16. The van der Waals surface area contributed by atoms with Crippen molar-refractivity contribution in [2.24, 2.45) is 0 Å². The molecule has 1 fully saturated rings. The van der Waals surface area contributed by atoms with Crippen LogP contribution >= 0.6 is 0 Å². The predicted molar refractivity (Wildman–Crippen MR) is 89.0 cm³/mol. The third-order valence-electron chi connectivity index (χ3n) is 4.85. The van der Waals surface area contributed by atoms with E-state index in [1.54, 1.807) is 6.20 Å². The third-order valence-corrected chi connectivity index (χ3v) is 4.85. The van der Waals surface area contributed by atoms with Gasteiger partial charge in [0.25, 0.3) is 0 Å². The number of rotatable bonds is 4. The van der Waals surface area contributed by atoms with Crippen molar-refractivity contribution in [3.63, 3.8) is 0 Å². The maximum atomic E-state index is 5.25. The van der Waals surface area contributed by atoms with E-state index in [1.807, 2.05) is 31.4 Å². The van der Waals surface area contributed by atoms with E-state index in [9.17, 15) is 0 Å². The average molecular weight is 327 g/mol. The van der Waals surface area contributed by atoms with Gasteiger partial charge in [-0.05, 0) is 27.8 Å². The fourth-order valence-electron chi connectivity index (χ4n) is 3.16. The first kappa shape index (κ1) is 15.1. The lowest BCUT2D eigenvalue weighted by Gasteiger charge is -2.44. The number of fused-ring (bicyclic) bond motifs is 1. The Balaban J connectivity index is 1.46. The first-order chi connectivity index (χ1) is 11.5. The summed E-state index contributed by atoms with van der Waals surface area (Å²) >= 11 is 0. The molecule has 0 aliphatic carbocycles. The molecule has 3 aromatic heterocycles. The Morgan fingerprint density at radius 1 is 1.25 bits per heavy atom. The number of hydrogen-bond acceptors (Lipinski definition) is 7. The number of aryl methyl sites for hydroxylation is 3. The summed E-state index contributed by atoms with van der Waals surface area (Å²) in [6.45, 7) is 8.61. The van der Waals surface area contributed by atoms with Gasteiger partial charge in [0, 0.05) is 43.6 Å². The van der Waals surface area contributed by atoms with Crippen LogP contribution in [-0.2, 0) is 6.54 Å². The summed E-state index contributed by atoms with van der Waals surface area (Å²) in [5, 5.41) is 12.4. The van der Waals surface area contributed by atoms with Crippen molar-refractivity contribution >= 4 is 11.5 Å². The molecule has 0 saturated carbocycles. The summed E-state index contributed by atoms with van der Waals surface area (Å²) in [5.41, 5.74) is 2.98. The molecule has 0 unspecified atom stereocenters. The van der Waals surface area contributed by atoms with Gasteiger partial charge in [-0.15, -0.1) is 10.2 Å². The van der Waals surface area contributed by atoms with Crippen LogP contribution in [-0.4, -0.2) is 55.8 Å². The molecule has 0 aromatic carbocycles. The average Bonchev–Trinajstić information content (AvgIpc) is 3.04. The van der Waals surface area contributed by atoms with E-state index in [0.717, 1.165) is 48.4 Å². The minimum Gasteiger partial charge on any atom is -0.361 e. The van der Waals surface area contributed by atoms with E-state index in [2.05, 4.69) is 37.2 Å². The maximum Gasteiger partial charge on any atom is 0.203 e. The van der Waals surface area contributed by atoms with Crippen molar-refractivity contribution in [1.29, 1.82) is 0 Å². The third kappa shape index (κ3) is 2.34. The monoisotopic (exact) mass is 327 g/mol. The van der Waals surface area contributed by atoms with Gasteiger partial charge >= 0.3 is 0 Å². The highest BCUT2D eigenvalue weighted by Gasteiger charge is 2.33. The van der Waals surface area contributed by atoms with Crippen molar-refractivity contribution in [2.45, 2.75) is 33.4 Å². The topological polar surface area (TPSA) is 75.6 Å². The first-order valence-corrected chi connectivity index (χ1v) is 8.08. The van der Waals surface area contributed by atoms with Gasteiger partial charge in [0.05, 0.1) is 5.69 Å². The van der Waals surface area contributed by atoms with Crippen molar-refractivity contribution in [3.8, 4) is 0 Å². The number of nitrogens with zero attached hydrogens (tertiary/aromatic N) is 7. The molecule has 0 N–H and O–H groups in total. The van der Waals surface area contributed by atoms with E-state index in [-0.39, 0.29) is 0 Å². The molecular formula is C16H21N7O. The van der Waals surface area contributed by atoms with Crippen LogP contribution in [0, 0.1) is 20.8 Å². The van der Waals surface area contributed by atoms with Gasteiger partial charge in [0.15, 0.2) is 5.82 Å². The van der Waals surface area contributed by atoms with E-state index in [4.69, 9.17) is 4.52 Å². The maximum absolute atomic E-state index is 5.25. The Bertz CT molecular complexity index is 858. The molecule has 0 radical (unpaired) electrons. The second-order valence-corrected chi connectivity index (χ2v) is 6.47. The lowest BCUT2D eigenvalue weighted by atomic mass is 10.1. The van der Waals surface area contributed by atoms with Gasteiger partial charge in [-0.1, -0.05) is 5.16 Å². The molecule has 0 atom stereocenters. The van der Waals surface area contributed by atoms with Crippen molar-refractivity contribution in [2.75, 3.05) is 25.0 Å². The summed E-state index contributed by atoms with van der Waals surface area (Å²) in [6.07, 6.45) is 3.70. The summed E-state index contributed by atoms with van der Waals surface area (Å²) in [5.74, 6) is 2.68. The molecule has 0 spiro atoms. The van der Waals surface area contributed by atoms with Gasteiger partial charge < -0.3 is 9.42 Å². The van der Waals surface area contributed by atoms with E-state index < -0.39 is 0 Å². The summed E-state index contributed by atoms with van der Waals surface area (Å²) in [6, 6.07) is 0.477. The molecule has 1 aliphatic rings. The molecule has 8 heteroatoms. The fraction of sp³-hybridized carbons (Fsp3) is 0.500. The molecule has 4 rings (SSSR count). The van der Waals surface area contributed by atoms with Crippen LogP contribution in [0.2, 0.25) is 0 Å². The van der Waals surface area contributed by atoms with Crippen LogP contribution in [0.25, 0.3) is 5.65 Å². The summed E-state index contributed by atoms with van der Waals surface area (Å²) in [7, 11) is 2.14. The van der Waals surface area contributed by atoms with Crippen LogP contribution in [0.15, 0.2) is 16.9 Å². The van der Waals surface area contributed by atoms with Crippen molar-refractivity contribution in [3.05, 3.63) is 35.2 Å². The van der Waals surface area contributed by atoms with Crippen LogP contribution in [0.3, 0.4) is 0 Å². The minimum absolute atomic E-state index is 0.477. The number of likely N-dealkylation sites (N-methyl/N-ethyl adjacent to an activating group) is 1. The minimum atomic E-state index is 0.477. The highest BCUT2D eigenvalue weighted by Crippen LogP contribution is 2.26. The molecule has 8 nitrogen and oxygen atoms in total. The molecule has 0 bridgehead atoms. The molecular weight excluding hydrogens is 306 g/mol. The van der Waals surface area contributed by atoms with Crippen molar-refractivity contribution in [1.82, 2.24) is 29.6 Å². The zero-order valence-electron chi connectivity index (χ0n) is 14.4. The Morgan fingerprint density at radius 3 is 2.75 bits per heavy atom. The number of hydrogen-bond donors (Lipinski definition) is 0. The van der Waals surface area contributed by atoms with Gasteiger partial charge in [-0.2, -0.15) is 0 Å². The Morgan fingerprint density at radius 2 is 2.04 bits per heavy atom. The zero-order chi connectivity index (χ0) is 16.8. The summed E-state index contributed by atoms with van der Waals surface area (Å²) in [4.78, 5) is 9.09. The second kappa shape index (κ2) is 5.55. The molecule has 24 heavy (non-hydrogen) atoms. The van der Waals surface area contributed by atoms with Crippen LogP contribution in [0.5, 0.6) is 0 Å². The quantitative estimate of drug-likeness (QED) is 0.716. The van der Waals surface area contributed by atoms with Gasteiger partial charge in [0.1, 0.15) is 11.6 Å². The zero-order valence-corrected chi connectivity index (χ0v) is 14.4. The number of anilines is 1. The number of aromatic nitrogens is 5. The standard InChI is InChI=1S/C16H21N7O/c1-10-14(11(2)24-20-10)9-21(4)13-7-22(8-13)15-16-19-18-12(3)23(16)6-5-17-15/h5-6,13H,7-9H2,1-4H3. The van der Waals surface area contributed by atoms with E-state index >= 15 is 0 Å². The van der Waals surface area contributed by atoms with Crippen LogP contribution in [0.1, 0.15) is 22.8 Å². The molecule has 1 saturated heterocycles. The van der Waals surface area contributed by atoms with E-state index in [0.29, 0.717) is 6.04 Å². The lowest BCUT2D eigenvalue weighted by Crippen LogP contribution is -2.58. The normalized spacial score (nSPS) is 15.5. The predicted octanol–water partition coefficient (Wildman–Crippen LogP) is 1.36. The molecule has 3 aromatic rings. The van der Waals surface area contributed by atoms with Gasteiger partial charge in [-0.3, -0.25) is 9.30 Å². The second-order valence-electron chi connectivity index (χ2n) is 6.47. The molecule has 0 amide bonds. The Labute approximate surface area is 140 Å². The van der Waals surface area contributed by atoms with Crippen molar-refractivity contribution < 1.29 is 4.52 Å². The molecule has 4 heterocycles. The molecule has 126 valence electrons. The Kier molecular flexibility index (Phi) is 3.49. The van der Waals surface area contributed by atoms with Gasteiger partial charge in [-0.25, -0.2) is 4.98 Å².